The Morgan fingerprint density at radius 2 is 2.20 bits per heavy atom. The third-order valence-corrected chi connectivity index (χ3v) is 5.73. The van der Waals surface area contributed by atoms with E-state index in [4.69, 9.17) is 0 Å². The van der Waals surface area contributed by atoms with Crippen LogP contribution in [0.25, 0.3) is 0 Å². The van der Waals surface area contributed by atoms with E-state index >= 15 is 0 Å². The summed E-state index contributed by atoms with van der Waals surface area (Å²) in [4.78, 5) is 0. The molecule has 0 aliphatic carbocycles. The molecule has 0 saturated carbocycles. The maximum Gasteiger partial charge on any atom is 0.250 e. The van der Waals surface area contributed by atoms with E-state index < -0.39 is 10.0 Å². The van der Waals surface area contributed by atoms with Crippen molar-refractivity contribution in [2.75, 3.05) is 6.54 Å². The first-order chi connectivity index (χ1) is 9.53. The van der Waals surface area contributed by atoms with Crippen molar-refractivity contribution in [3.63, 3.8) is 0 Å². The molecule has 0 bridgehead atoms. The monoisotopic (exact) mass is 314 g/mol. The predicted molar refractivity (Wildman–Crippen MR) is 78.9 cm³/mol. The summed E-state index contributed by atoms with van der Waals surface area (Å²) in [5.74, 6) is 0. The highest BCUT2D eigenvalue weighted by molar-refractivity contribution is 7.91. The zero-order chi connectivity index (χ0) is 14.6. The van der Waals surface area contributed by atoms with Crippen LogP contribution in [0.5, 0.6) is 0 Å². The standard InChI is InChI=1S/C12H18N4O2S2/c1-3-13-7-10-6-12(19-9-10)20(17,18)15-8-11-4-5-14-16(11)2/h4-6,9,13,15H,3,7-8H2,1-2H3. The quantitative estimate of drug-likeness (QED) is 0.801. The van der Waals surface area contributed by atoms with E-state index in [1.165, 1.54) is 11.3 Å². The van der Waals surface area contributed by atoms with Gasteiger partial charge in [-0.2, -0.15) is 5.10 Å². The van der Waals surface area contributed by atoms with Crippen LogP contribution in [0, 0.1) is 0 Å². The van der Waals surface area contributed by atoms with Crippen LogP contribution in [-0.4, -0.2) is 24.7 Å². The molecule has 0 unspecified atom stereocenters. The molecule has 0 atom stereocenters. The smallest absolute Gasteiger partial charge is 0.250 e. The molecule has 2 rings (SSSR count). The van der Waals surface area contributed by atoms with Gasteiger partial charge in [-0.15, -0.1) is 11.3 Å². The Hall–Kier alpha value is -1.22. The van der Waals surface area contributed by atoms with Crippen molar-refractivity contribution < 1.29 is 8.42 Å². The van der Waals surface area contributed by atoms with Crippen molar-refractivity contribution in [3.05, 3.63) is 35.0 Å². The fourth-order valence-electron chi connectivity index (χ4n) is 1.67. The van der Waals surface area contributed by atoms with E-state index in [1.807, 2.05) is 12.3 Å². The third kappa shape index (κ3) is 3.66. The Kier molecular flexibility index (Phi) is 4.92. The normalized spacial score (nSPS) is 11.9. The van der Waals surface area contributed by atoms with Crippen LogP contribution in [0.3, 0.4) is 0 Å². The van der Waals surface area contributed by atoms with Crippen LogP contribution in [0.15, 0.2) is 27.9 Å². The molecule has 0 saturated heterocycles. The summed E-state index contributed by atoms with van der Waals surface area (Å²) in [5.41, 5.74) is 1.80. The molecule has 0 aliphatic heterocycles. The van der Waals surface area contributed by atoms with Gasteiger partial charge in [0.15, 0.2) is 0 Å². The van der Waals surface area contributed by atoms with E-state index in [0.717, 1.165) is 17.8 Å². The lowest BCUT2D eigenvalue weighted by Gasteiger charge is -2.05. The van der Waals surface area contributed by atoms with Gasteiger partial charge in [0, 0.05) is 19.8 Å². The molecule has 2 aromatic heterocycles. The zero-order valence-electron chi connectivity index (χ0n) is 11.5. The fourth-order valence-corrected chi connectivity index (χ4v) is 3.92. The summed E-state index contributed by atoms with van der Waals surface area (Å²) in [6.45, 7) is 3.79. The summed E-state index contributed by atoms with van der Waals surface area (Å²) in [6, 6.07) is 3.49. The molecule has 0 aliphatic rings. The van der Waals surface area contributed by atoms with Crippen molar-refractivity contribution in [3.8, 4) is 0 Å². The summed E-state index contributed by atoms with van der Waals surface area (Å²) in [6.07, 6.45) is 1.64. The second-order valence-corrected chi connectivity index (χ2v) is 7.23. The molecule has 8 heteroatoms. The van der Waals surface area contributed by atoms with Crippen molar-refractivity contribution in [2.24, 2.45) is 7.05 Å². The Morgan fingerprint density at radius 3 is 2.85 bits per heavy atom. The van der Waals surface area contributed by atoms with Crippen molar-refractivity contribution >= 4 is 21.4 Å². The van der Waals surface area contributed by atoms with Gasteiger partial charge in [-0.25, -0.2) is 13.1 Å². The van der Waals surface area contributed by atoms with Crippen molar-refractivity contribution in [2.45, 2.75) is 24.2 Å². The molecule has 2 N–H and O–H groups in total. The summed E-state index contributed by atoms with van der Waals surface area (Å²) in [5, 5.41) is 9.04. The predicted octanol–water partition coefficient (Wildman–Crippen LogP) is 1.07. The third-order valence-electron chi connectivity index (χ3n) is 2.84. The van der Waals surface area contributed by atoms with E-state index in [1.54, 1.807) is 30.1 Å². The van der Waals surface area contributed by atoms with Crippen molar-refractivity contribution in [1.29, 1.82) is 0 Å². The molecule has 0 aromatic carbocycles. The molecule has 2 heterocycles. The lowest BCUT2D eigenvalue weighted by Crippen LogP contribution is -2.23. The van der Waals surface area contributed by atoms with Crippen LogP contribution in [0.4, 0.5) is 0 Å². The van der Waals surface area contributed by atoms with E-state index in [9.17, 15) is 8.42 Å². The minimum Gasteiger partial charge on any atom is -0.313 e. The Balaban J connectivity index is 2.03. The number of thiophene rings is 1. The minimum absolute atomic E-state index is 0.235. The first-order valence-electron chi connectivity index (χ1n) is 6.27. The molecule has 0 fully saturated rings. The van der Waals surface area contributed by atoms with Crippen molar-refractivity contribution in [1.82, 2.24) is 19.8 Å². The summed E-state index contributed by atoms with van der Waals surface area (Å²) >= 11 is 1.24. The lowest BCUT2D eigenvalue weighted by molar-refractivity contribution is 0.579. The average Bonchev–Trinajstić information content (AvgIpc) is 3.03. The van der Waals surface area contributed by atoms with Crippen LogP contribution in [-0.2, 0) is 30.2 Å². The zero-order valence-corrected chi connectivity index (χ0v) is 13.1. The van der Waals surface area contributed by atoms with Gasteiger partial charge in [0.25, 0.3) is 0 Å². The first kappa shape index (κ1) is 15.2. The Bertz CT molecular complexity index is 661. The SMILES string of the molecule is CCNCc1csc(S(=O)(=O)NCc2ccnn2C)c1. The second kappa shape index (κ2) is 6.49. The molecule has 110 valence electrons. The van der Waals surface area contributed by atoms with E-state index in [2.05, 4.69) is 15.1 Å². The number of rotatable bonds is 7. The van der Waals surface area contributed by atoms with Gasteiger partial charge in [-0.05, 0) is 29.6 Å². The number of sulfonamides is 1. The number of aromatic nitrogens is 2. The highest BCUT2D eigenvalue weighted by Gasteiger charge is 2.17. The maximum atomic E-state index is 12.2. The van der Waals surface area contributed by atoms with Crippen LogP contribution >= 0.6 is 11.3 Å². The fraction of sp³-hybridized carbons (Fsp3) is 0.417. The van der Waals surface area contributed by atoms with Crippen LogP contribution in [0.2, 0.25) is 0 Å². The minimum atomic E-state index is -3.46. The van der Waals surface area contributed by atoms with Gasteiger partial charge in [-0.1, -0.05) is 6.92 Å². The number of nitrogens with one attached hydrogen (secondary N) is 2. The first-order valence-corrected chi connectivity index (χ1v) is 8.64. The molecule has 20 heavy (non-hydrogen) atoms. The molecule has 0 radical (unpaired) electrons. The van der Waals surface area contributed by atoms with Crippen LogP contribution < -0.4 is 10.0 Å². The number of nitrogens with zero attached hydrogens (tertiary/aromatic N) is 2. The van der Waals surface area contributed by atoms with Gasteiger partial charge >= 0.3 is 0 Å². The summed E-state index contributed by atoms with van der Waals surface area (Å²) in [7, 11) is -1.68. The van der Waals surface area contributed by atoms with Gasteiger partial charge < -0.3 is 5.32 Å². The Morgan fingerprint density at radius 1 is 1.40 bits per heavy atom. The topological polar surface area (TPSA) is 76.0 Å². The molecular weight excluding hydrogens is 296 g/mol. The summed E-state index contributed by atoms with van der Waals surface area (Å²) < 4.78 is 28.9. The van der Waals surface area contributed by atoms with Gasteiger partial charge in [0.05, 0.1) is 12.2 Å². The molecular formula is C12H18N4O2S2. The van der Waals surface area contributed by atoms with Gasteiger partial charge in [-0.3, -0.25) is 4.68 Å². The second-order valence-electron chi connectivity index (χ2n) is 4.33. The number of aryl methyl sites for hydroxylation is 1. The number of hydrogen-bond acceptors (Lipinski definition) is 5. The van der Waals surface area contributed by atoms with E-state index in [0.29, 0.717) is 10.8 Å². The maximum absolute atomic E-state index is 12.2. The average molecular weight is 314 g/mol. The highest BCUT2D eigenvalue weighted by atomic mass is 32.2. The lowest BCUT2D eigenvalue weighted by atomic mass is 10.3. The van der Waals surface area contributed by atoms with E-state index in [-0.39, 0.29) is 6.54 Å². The van der Waals surface area contributed by atoms with Gasteiger partial charge in [0.1, 0.15) is 4.21 Å². The van der Waals surface area contributed by atoms with Crippen LogP contribution in [0.1, 0.15) is 18.2 Å². The molecule has 0 spiro atoms. The molecule has 2 aromatic rings. The Labute approximate surface area is 122 Å². The molecule has 0 amide bonds. The largest absolute Gasteiger partial charge is 0.313 e. The number of hydrogen-bond donors (Lipinski definition) is 2. The highest BCUT2D eigenvalue weighted by Crippen LogP contribution is 2.20. The molecule has 6 nitrogen and oxygen atoms in total. The van der Waals surface area contributed by atoms with Gasteiger partial charge in [0.2, 0.25) is 10.0 Å².